The van der Waals surface area contributed by atoms with Gasteiger partial charge in [0.1, 0.15) is 12.4 Å². The maximum absolute atomic E-state index is 11.9. The van der Waals surface area contributed by atoms with E-state index in [1.54, 1.807) is 0 Å². The SMILES string of the molecule is Cc1cccc(OCCN2CCN(c3ncc(C(=O)O)c(CCCc4cn(C)c5ccccc45)n3)CC2)c1C. The smallest absolute Gasteiger partial charge is 0.339 e. The summed E-state index contributed by atoms with van der Waals surface area (Å²) in [6.45, 7) is 9.07. The Bertz CT molecular complexity index is 1460. The molecule has 4 aromatic rings. The second-order valence-electron chi connectivity index (χ2n) is 10.3. The Morgan fingerprint density at radius 3 is 2.62 bits per heavy atom. The van der Waals surface area contributed by atoms with Crippen LogP contribution in [0.4, 0.5) is 5.95 Å². The number of hydrogen-bond acceptors (Lipinski definition) is 6. The van der Waals surface area contributed by atoms with Gasteiger partial charge in [-0.05, 0) is 61.9 Å². The third-order valence-corrected chi connectivity index (χ3v) is 7.80. The van der Waals surface area contributed by atoms with Gasteiger partial charge in [0.15, 0.2) is 0 Å². The average Bonchev–Trinajstić information content (AvgIpc) is 3.26. The Morgan fingerprint density at radius 2 is 1.82 bits per heavy atom. The van der Waals surface area contributed by atoms with Gasteiger partial charge in [0.05, 0.1) is 11.3 Å². The Balaban J connectivity index is 1.17. The van der Waals surface area contributed by atoms with Crippen LogP contribution in [0.2, 0.25) is 0 Å². The van der Waals surface area contributed by atoms with Gasteiger partial charge >= 0.3 is 5.97 Å². The molecule has 2 aromatic carbocycles. The molecular weight excluding hydrogens is 490 g/mol. The van der Waals surface area contributed by atoms with Gasteiger partial charge in [-0.2, -0.15) is 0 Å². The number of ether oxygens (including phenoxy) is 1. The number of fused-ring (bicyclic) bond motifs is 1. The van der Waals surface area contributed by atoms with Crippen LogP contribution in [0.25, 0.3) is 10.9 Å². The summed E-state index contributed by atoms with van der Waals surface area (Å²) in [6, 6.07) is 14.5. The van der Waals surface area contributed by atoms with Gasteiger partial charge in [-0.15, -0.1) is 0 Å². The number of piperazine rings is 1. The van der Waals surface area contributed by atoms with Crippen LogP contribution in [0.5, 0.6) is 5.75 Å². The van der Waals surface area contributed by atoms with E-state index in [1.165, 1.54) is 33.8 Å². The molecule has 5 rings (SSSR count). The zero-order chi connectivity index (χ0) is 27.4. The number of rotatable bonds is 10. The number of carboxylic acid groups (broad SMARTS) is 1. The van der Waals surface area contributed by atoms with Gasteiger partial charge in [0.2, 0.25) is 5.95 Å². The molecule has 0 unspecified atom stereocenters. The molecule has 1 aliphatic rings. The molecule has 8 nitrogen and oxygen atoms in total. The van der Waals surface area contributed by atoms with E-state index < -0.39 is 5.97 Å². The summed E-state index contributed by atoms with van der Waals surface area (Å²) in [5, 5.41) is 11.0. The molecule has 0 radical (unpaired) electrons. The number of aromatic carboxylic acids is 1. The molecular formula is C31H37N5O3. The molecule has 204 valence electrons. The van der Waals surface area contributed by atoms with Crippen molar-refractivity contribution in [2.45, 2.75) is 33.1 Å². The normalized spacial score (nSPS) is 14.2. The van der Waals surface area contributed by atoms with Crippen molar-refractivity contribution in [1.82, 2.24) is 19.4 Å². The summed E-state index contributed by atoms with van der Waals surface area (Å²) in [7, 11) is 2.06. The van der Waals surface area contributed by atoms with Crippen molar-refractivity contribution in [2.75, 3.05) is 44.2 Å². The molecule has 39 heavy (non-hydrogen) atoms. The lowest BCUT2D eigenvalue weighted by Crippen LogP contribution is -2.48. The van der Waals surface area contributed by atoms with Crippen LogP contribution in [0, 0.1) is 13.8 Å². The highest BCUT2D eigenvalue weighted by atomic mass is 16.5. The van der Waals surface area contributed by atoms with E-state index in [4.69, 9.17) is 9.72 Å². The molecule has 1 N–H and O–H groups in total. The molecule has 3 heterocycles. The Labute approximate surface area is 229 Å². The van der Waals surface area contributed by atoms with Crippen LogP contribution in [-0.2, 0) is 19.9 Å². The molecule has 8 heteroatoms. The van der Waals surface area contributed by atoms with E-state index in [0.717, 1.165) is 51.3 Å². The molecule has 0 spiro atoms. The zero-order valence-electron chi connectivity index (χ0n) is 23.1. The van der Waals surface area contributed by atoms with Crippen LogP contribution in [0.3, 0.4) is 0 Å². The Hall–Kier alpha value is -3.91. The molecule has 0 atom stereocenters. The van der Waals surface area contributed by atoms with Gasteiger partial charge in [-0.1, -0.05) is 30.3 Å². The number of carboxylic acids is 1. The number of benzene rings is 2. The Morgan fingerprint density at radius 1 is 1.03 bits per heavy atom. The van der Waals surface area contributed by atoms with E-state index in [1.807, 2.05) is 18.2 Å². The quantitative estimate of drug-likeness (QED) is 0.321. The van der Waals surface area contributed by atoms with E-state index in [9.17, 15) is 9.90 Å². The lowest BCUT2D eigenvalue weighted by molar-refractivity contribution is 0.0694. The van der Waals surface area contributed by atoms with E-state index in [2.05, 4.69) is 70.7 Å². The number of aryl methyl sites for hydroxylation is 4. The van der Waals surface area contributed by atoms with Gasteiger partial charge in [0, 0.05) is 63.1 Å². The number of para-hydroxylation sites is 1. The summed E-state index contributed by atoms with van der Waals surface area (Å²) in [5.41, 5.74) is 5.71. The fourth-order valence-corrected chi connectivity index (χ4v) is 5.34. The minimum Gasteiger partial charge on any atom is -0.492 e. The van der Waals surface area contributed by atoms with E-state index in [0.29, 0.717) is 24.7 Å². The average molecular weight is 528 g/mol. The van der Waals surface area contributed by atoms with Crippen LogP contribution < -0.4 is 9.64 Å². The van der Waals surface area contributed by atoms with Crippen molar-refractivity contribution < 1.29 is 14.6 Å². The van der Waals surface area contributed by atoms with Crippen LogP contribution in [0.15, 0.2) is 54.9 Å². The number of aromatic nitrogens is 3. The highest BCUT2D eigenvalue weighted by Crippen LogP contribution is 2.23. The summed E-state index contributed by atoms with van der Waals surface area (Å²) in [5.74, 6) is 0.593. The molecule has 0 aliphatic carbocycles. The number of nitrogens with zero attached hydrogens (tertiary/aromatic N) is 5. The molecule has 0 amide bonds. The maximum Gasteiger partial charge on any atom is 0.339 e. The Kier molecular flexibility index (Phi) is 8.12. The largest absolute Gasteiger partial charge is 0.492 e. The fourth-order valence-electron chi connectivity index (χ4n) is 5.34. The lowest BCUT2D eigenvalue weighted by Gasteiger charge is -2.34. The second-order valence-corrected chi connectivity index (χ2v) is 10.3. The van der Waals surface area contributed by atoms with Crippen molar-refractivity contribution in [3.63, 3.8) is 0 Å². The van der Waals surface area contributed by atoms with E-state index >= 15 is 0 Å². The van der Waals surface area contributed by atoms with Crippen molar-refractivity contribution in [3.05, 3.63) is 82.8 Å². The lowest BCUT2D eigenvalue weighted by atomic mass is 10.0. The zero-order valence-corrected chi connectivity index (χ0v) is 23.1. The molecule has 1 fully saturated rings. The van der Waals surface area contributed by atoms with Gasteiger partial charge in [0.25, 0.3) is 0 Å². The highest BCUT2D eigenvalue weighted by Gasteiger charge is 2.21. The van der Waals surface area contributed by atoms with Crippen LogP contribution in [0.1, 0.15) is 39.2 Å². The number of carbonyl (C=O) groups is 1. The number of anilines is 1. The first-order valence-corrected chi connectivity index (χ1v) is 13.7. The summed E-state index contributed by atoms with van der Waals surface area (Å²) < 4.78 is 8.19. The maximum atomic E-state index is 11.9. The molecule has 1 saturated heterocycles. The van der Waals surface area contributed by atoms with Gasteiger partial charge in [-0.3, -0.25) is 4.90 Å². The molecule has 2 aromatic heterocycles. The minimum atomic E-state index is -0.977. The van der Waals surface area contributed by atoms with E-state index in [-0.39, 0.29) is 5.56 Å². The standard InChI is InChI=1S/C31H37N5O3/c1-22-8-6-13-29(23(22)2)39-19-18-35-14-16-36(17-15-35)31-32-20-26(30(37)38)27(33-31)11-7-9-24-21-34(3)28-12-5-4-10-25(24)28/h4-6,8,10,12-13,20-21H,7,9,11,14-19H2,1-3H3,(H,37,38). The molecule has 1 aliphatic heterocycles. The summed E-state index contributed by atoms with van der Waals surface area (Å²) in [6.07, 6.45) is 5.92. The molecule has 0 saturated carbocycles. The third kappa shape index (κ3) is 6.06. The highest BCUT2D eigenvalue weighted by molar-refractivity contribution is 5.88. The van der Waals surface area contributed by atoms with Gasteiger partial charge < -0.3 is 19.3 Å². The van der Waals surface area contributed by atoms with Gasteiger partial charge in [-0.25, -0.2) is 14.8 Å². The summed E-state index contributed by atoms with van der Waals surface area (Å²) >= 11 is 0. The molecule has 0 bridgehead atoms. The first-order chi connectivity index (χ1) is 18.9. The minimum absolute atomic E-state index is 0.193. The van der Waals surface area contributed by atoms with Crippen molar-refractivity contribution in [3.8, 4) is 5.75 Å². The van der Waals surface area contributed by atoms with Crippen LogP contribution >= 0.6 is 0 Å². The number of hydrogen-bond donors (Lipinski definition) is 1. The topological polar surface area (TPSA) is 83.7 Å². The van der Waals surface area contributed by atoms with Crippen molar-refractivity contribution in [2.24, 2.45) is 7.05 Å². The fraction of sp³-hybridized carbons (Fsp3) is 0.387. The first kappa shape index (κ1) is 26.7. The third-order valence-electron chi connectivity index (χ3n) is 7.80. The second kappa shape index (κ2) is 11.9. The first-order valence-electron chi connectivity index (χ1n) is 13.7. The van der Waals surface area contributed by atoms with Crippen molar-refractivity contribution >= 4 is 22.8 Å². The predicted octanol–water partition coefficient (Wildman–Crippen LogP) is 4.66. The predicted molar refractivity (Wildman–Crippen MR) is 154 cm³/mol. The van der Waals surface area contributed by atoms with Crippen molar-refractivity contribution in [1.29, 1.82) is 0 Å². The summed E-state index contributed by atoms with van der Waals surface area (Å²) in [4.78, 5) is 25.6. The monoisotopic (exact) mass is 527 g/mol. The van der Waals surface area contributed by atoms with Crippen LogP contribution in [-0.4, -0.2) is 69.8 Å².